The molecule has 1 saturated heterocycles. The highest BCUT2D eigenvalue weighted by molar-refractivity contribution is 8.76. The lowest BCUT2D eigenvalue weighted by atomic mass is 9.98. The maximum Gasteiger partial charge on any atom is 0.270 e. The Hall–Kier alpha value is -9.15. The molecular formula is C70H123N23O15S2. The number of rotatable bonds is 32. The molecule has 620 valence electrons. The number of unbranched alkanes of at least 4 members (excludes halogenated alkanes) is 2. The summed E-state index contributed by atoms with van der Waals surface area (Å²) in [5.41, 5.74) is 26.9. The van der Waals surface area contributed by atoms with Gasteiger partial charge in [-0.1, -0.05) is 83.0 Å². The number of carbonyl (C=O) groups excluding carboxylic acids is 14. The molecule has 1 aliphatic heterocycles. The van der Waals surface area contributed by atoms with Crippen molar-refractivity contribution in [1.82, 2.24) is 84.7 Å². The van der Waals surface area contributed by atoms with Crippen molar-refractivity contribution in [1.29, 1.82) is 10.8 Å². The Kier molecular flexibility index (Phi) is 44.6. The molecule has 0 bridgehead atoms. The van der Waals surface area contributed by atoms with Crippen LogP contribution in [-0.2, 0) is 62.3 Å². The zero-order chi connectivity index (χ0) is 83.0. The molecule has 38 nitrogen and oxygen atoms in total. The molecule has 1 aromatic rings. The summed E-state index contributed by atoms with van der Waals surface area (Å²) in [4.78, 5) is 205. The van der Waals surface area contributed by atoms with E-state index in [1.54, 1.807) is 67.5 Å². The minimum atomic E-state index is -1.83. The van der Waals surface area contributed by atoms with Crippen LogP contribution in [0.2, 0.25) is 0 Å². The highest BCUT2D eigenvalue weighted by Gasteiger charge is 2.40. The van der Waals surface area contributed by atoms with E-state index in [2.05, 4.69) is 84.7 Å². The summed E-state index contributed by atoms with van der Waals surface area (Å²) in [7, 11) is 1.76. The molecule has 1 aliphatic rings. The fourth-order valence-corrected chi connectivity index (χ4v) is 13.4. The van der Waals surface area contributed by atoms with Gasteiger partial charge in [-0.25, -0.2) is 0 Å². The lowest BCUT2D eigenvalue weighted by molar-refractivity contribution is -0.138. The van der Waals surface area contributed by atoms with Crippen LogP contribution in [0.5, 0.6) is 0 Å². The Morgan fingerprint density at radius 3 is 1.28 bits per heavy atom. The summed E-state index contributed by atoms with van der Waals surface area (Å²) < 4.78 is 0. The van der Waals surface area contributed by atoms with Crippen LogP contribution in [0, 0.1) is 34.5 Å². The summed E-state index contributed by atoms with van der Waals surface area (Å²) >= 11 is 0. The van der Waals surface area contributed by atoms with Gasteiger partial charge in [0.15, 0.2) is 11.9 Å². The van der Waals surface area contributed by atoms with Crippen molar-refractivity contribution in [3.63, 3.8) is 0 Å². The number of hydrogen-bond donors (Lipinski definition) is 23. The quantitative estimate of drug-likeness (QED) is 0.0143. The minimum Gasteiger partial charge on any atom is -0.394 e. The third-order valence-electron chi connectivity index (χ3n) is 17.0. The van der Waals surface area contributed by atoms with Crippen LogP contribution >= 0.6 is 21.6 Å². The van der Waals surface area contributed by atoms with Crippen molar-refractivity contribution >= 4 is 116 Å². The first-order chi connectivity index (χ1) is 51.7. The largest absolute Gasteiger partial charge is 0.394 e. The van der Waals surface area contributed by atoms with Crippen LogP contribution in [0.1, 0.15) is 177 Å². The highest BCUT2D eigenvalue weighted by Crippen LogP contribution is 2.24. The lowest BCUT2D eigenvalue weighted by Gasteiger charge is -2.32. The number of hydrogen-bond acceptors (Lipinski definition) is 22. The van der Waals surface area contributed by atoms with Crippen LogP contribution in [0.4, 0.5) is 0 Å². The number of primary amides is 1. The predicted octanol–water partition coefficient (Wildman–Crippen LogP) is -3.73. The van der Waals surface area contributed by atoms with Gasteiger partial charge in [0.1, 0.15) is 83.7 Å². The number of pyridine rings is 1. The Morgan fingerprint density at radius 2 is 0.891 bits per heavy atom. The molecule has 1 aromatic heterocycles. The number of nitrogens with zero attached hydrogens (tertiary/aromatic N) is 1. The summed E-state index contributed by atoms with van der Waals surface area (Å²) in [6.07, 6.45) is 2.48. The molecule has 12 unspecified atom stereocenters. The van der Waals surface area contributed by atoms with Crippen LogP contribution in [0.15, 0.2) is 24.4 Å². The molecule has 2 rings (SSSR count). The molecule has 1 fully saturated rings. The van der Waals surface area contributed by atoms with E-state index in [0.717, 1.165) is 21.6 Å². The van der Waals surface area contributed by atoms with E-state index in [0.29, 0.717) is 19.3 Å². The summed E-state index contributed by atoms with van der Waals surface area (Å²) in [6.45, 7) is 17.6. The van der Waals surface area contributed by atoms with E-state index in [4.69, 9.17) is 39.5 Å². The van der Waals surface area contributed by atoms with Gasteiger partial charge in [0.05, 0.1) is 6.61 Å². The first-order valence-corrected chi connectivity index (χ1v) is 39.8. The third-order valence-corrected chi connectivity index (χ3v) is 19.5. The van der Waals surface area contributed by atoms with Gasteiger partial charge in [-0.3, -0.25) is 82.9 Å². The Morgan fingerprint density at radius 1 is 0.509 bits per heavy atom. The van der Waals surface area contributed by atoms with Crippen molar-refractivity contribution < 1.29 is 72.2 Å². The van der Waals surface area contributed by atoms with E-state index >= 15 is 0 Å². The van der Waals surface area contributed by atoms with E-state index in [1.165, 1.54) is 33.0 Å². The van der Waals surface area contributed by atoms with Gasteiger partial charge in [-0.15, -0.1) is 0 Å². The van der Waals surface area contributed by atoms with Gasteiger partial charge in [-0.2, -0.15) is 0 Å². The fourth-order valence-electron chi connectivity index (χ4n) is 11.1. The summed E-state index contributed by atoms with van der Waals surface area (Å²) in [5.74, 6) is -15.3. The van der Waals surface area contributed by atoms with Gasteiger partial charge < -0.3 is 114 Å². The number of guanidine groups is 2. The van der Waals surface area contributed by atoms with Crippen LogP contribution in [0.3, 0.4) is 0 Å². The van der Waals surface area contributed by atoms with Crippen molar-refractivity contribution in [3.05, 3.63) is 30.1 Å². The molecule has 12 atom stereocenters. The van der Waals surface area contributed by atoms with Crippen molar-refractivity contribution in [3.8, 4) is 0 Å². The molecule has 0 spiro atoms. The third kappa shape index (κ3) is 37.5. The molecule has 0 aliphatic carbocycles. The molecule has 2 heterocycles. The number of amides is 14. The van der Waals surface area contributed by atoms with Crippen LogP contribution in [0.25, 0.3) is 0 Å². The van der Waals surface area contributed by atoms with Crippen LogP contribution in [-0.4, -0.2) is 227 Å². The molecule has 0 aromatic carbocycles. The molecule has 0 saturated carbocycles. The number of aliphatic hydroxyl groups is 1. The second-order valence-corrected chi connectivity index (χ2v) is 31.9. The van der Waals surface area contributed by atoms with Gasteiger partial charge in [-0.05, 0) is 160 Å². The minimum absolute atomic E-state index is 0.000783. The maximum atomic E-state index is 14.9. The zero-order valence-corrected chi connectivity index (χ0v) is 66.8. The Bertz CT molecular complexity index is 3230. The second-order valence-electron chi connectivity index (χ2n) is 29.4. The van der Waals surface area contributed by atoms with Crippen molar-refractivity contribution in [2.45, 2.75) is 244 Å². The van der Waals surface area contributed by atoms with E-state index < -0.39 is 179 Å². The first-order valence-electron chi connectivity index (χ1n) is 37.3. The van der Waals surface area contributed by atoms with E-state index in [9.17, 15) is 72.2 Å². The highest BCUT2D eigenvalue weighted by atomic mass is 33.1. The Labute approximate surface area is 651 Å². The van der Waals surface area contributed by atoms with Gasteiger partial charge in [0.25, 0.3) is 5.91 Å². The molecular weight excluding hydrogens is 1470 g/mol. The van der Waals surface area contributed by atoms with Gasteiger partial charge in [0.2, 0.25) is 76.8 Å². The smallest absolute Gasteiger partial charge is 0.270 e. The topological polar surface area (TPSA) is 630 Å². The second kappa shape index (κ2) is 50.6. The number of carbonyl (C=O) groups is 14. The number of nitrogens with one attached hydrogen (secondary N) is 17. The predicted molar refractivity (Wildman–Crippen MR) is 418 cm³/mol. The van der Waals surface area contributed by atoms with Gasteiger partial charge in [0, 0.05) is 30.8 Å². The Balaban J connectivity index is 3.00. The first kappa shape index (κ1) is 96.9. The fraction of sp³-hybridized carbons (Fsp3) is 0.700. The maximum absolute atomic E-state index is 14.9. The number of aromatic nitrogens is 1. The van der Waals surface area contributed by atoms with E-state index in [-0.39, 0.29) is 138 Å². The summed E-state index contributed by atoms with van der Waals surface area (Å²) in [6, 6.07) is -12.9. The monoisotopic (exact) mass is 1590 g/mol. The van der Waals surface area contributed by atoms with Crippen molar-refractivity contribution in [2.75, 3.05) is 44.3 Å². The standard InChI is InChI=1S/C70H123N23O15S2/c1-37(2)30-47-61(102)84-44(23-18-28-79-68(74)75)57(98)82-43(21-12-15-25-71)58(99)88-50(33-40(7)8)66(107)93-70(10,11)67(108)92-46(22-13-16-26-72)60(101)83-45(24-19-29-80-69(76)77)59(100)85-48(31-38(3)4)62(103)86-49(32-39(5)6)63(104)90-52(54(73)95)35-109-110-36-53(65(106)87-47)91-64(105)51(34-94)89-55(96)41(9)81-56(97)42-20-14-17-27-78-42/h14,17,20,27,37-41,43-53,94H,12-13,15-16,18-19,21-26,28-36,71-72H2,1-11H3,(H2,73,95)(H,81,97)(H,82,98)(H,83,101)(H,84,102)(H,85,100)(H,86,103)(H,87,106)(H,88,99)(H,89,96)(H,90,104)(H,91,105)(H,92,108)(H,93,107)(H4,74,75,79)(H4,76,77,80). The molecule has 28 N–H and O–H groups in total. The van der Waals surface area contributed by atoms with E-state index in [1.807, 2.05) is 0 Å². The molecule has 40 heteroatoms. The lowest BCUT2D eigenvalue weighted by Crippen LogP contribution is -2.63. The zero-order valence-electron chi connectivity index (χ0n) is 65.2. The van der Waals surface area contributed by atoms with Crippen LogP contribution < -0.4 is 108 Å². The molecule has 110 heavy (non-hydrogen) atoms. The van der Waals surface area contributed by atoms with Crippen molar-refractivity contribution in [2.24, 2.45) is 52.3 Å². The SMILES string of the molecule is CC(C)CC1NC(=O)C(CC(C)C)NC(=O)C(CCCNC(=N)N)NC(=O)C(CCCCN)NC(=O)C(C)(C)NC(=O)C(CC(C)C)NC(=O)C(CCCCN)NC(=O)C(CCCNC(=N)N)NC(=O)C(CC(C)C)NC(=O)C(NC(=O)C(CO)NC(=O)C(C)NC(=O)c2ccccn2)CSSCC(C(N)=O)NC1=O. The normalized spacial score (nSPS) is 22.9. The summed E-state index contributed by atoms with van der Waals surface area (Å²) in [5, 5.41) is 65.6. The number of aliphatic hydroxyl groups excluding tert-OH is 1. The molecule has 0 radical (unpaired) electrons. The average molecular weight is 1590 g/mol. The average Bonchev–Trinajstić information content (AvgIpc) is 0.842. The number of nitrogens with two attached hydrogens (primary N) is 5. The molecule has 14 amide bonds. The van der Waals surface area contributed by atoms with Gasteiger partial charge >= 0.3 is 0 Å².